The first-order chi connectivity index (χ1) is 12.2. The minimum Gasteiger partial charge on any atom is -0.497 e. The third-order valence-electron chi connectivity index (χ3n) is 4.38. The van der Waals surface area contributed by atoms with Crippen LogP contribution >= 0.6 is 0 Å². The Hall–Kier alpha value is -2.24. The largest absolute Gasteiger partial charge is 0.497 e. The van der Waals surface area contributed by atoms with E-state index in [2.05, 4.69) is 21.3 Å². The number of carbonyl (C=O) groups is 1. The molecule has 1 aliphatic rings. The van der Waals surface area contributed by atoms with E-state index in [1.807, 2.05) is 25.1 Å². The van der Waals surface area contributed by atoms with E-state index in [1.165, 1.54) is 5.56 Å². The van der Waals surface area contributed by atoms with Crippen LogP contribution in [-0.4, -0.2) is 57.2 Å². The van der Waals surface area contributed by atoms with E-state index in [1.54, 1.807) is 14.2 Å². The molecule has 138 valence electrons. The number of benzene rings is 1. The minimum absolute atomic E-state index is 0.0642. The van der Waals surface area contributed by atoms with Crippen molar-refractivity contribution in [1.29, 1.82) is 0 Å². The minimum atomic E-state index is -0.0981. The molecule has 6 nitrogen and oxygen atoms in total. The maximum absolute atomic E-state index is 12.0. The molecular formula is C19H29N3O3. The Morgan fingerprint density at radius 1 is 1.44 bits per heavy atom. The molecule has 0 aliphatic carbocycles. The lowest BCUT2D eigenvalue weighted by Crippen LogP contribution is -2.48. The molecule has 1 fully saturated rings. The van der Waals surface area contributed by atoms with Crippen LogP contribution in [0.5, 0.6) is 5.75 Å². The Balaban J connectivity index is 1.86. The molecule has 1 aromatic carbocycles. The topological polar surface area (TPSA) is 63.2 Å². The molecule has 0 amide bonds. The highest BCUT2D eigenvalue weighted by Crippen LogP contribution is 2.18. The molecule has 2 rings (SSSR count). The van der Waals surface area contributed by atoms with E-state index in [0.717, 1.165) is 44.1 Å². The maximum atomic E-state index is 12.0. The normalized spacial score (nSPS) is 18.0. The standard InChI is InChI=1S/C19H29N3O3/c1-4-25-18(23)16-8-6-12-22(14-16)19(20-2)21-11-10-15-7-5-9-17(13-15)24-3/h5,7,9,13,16H,4,6,8,10-12,14H2,1-3H3,(H,20,21). The molecule has 0 saturated carbocycles. The zero-order valence-corrected chi connectivity index (χ0v) is 15.5. The van der Waals surface area contributed by atoms with Crippen LogP contribution < -0.4 is 10.1 Å². The van der Waals surface area contributed by atoms with Crippen LogP contribution in [0.1, 0.15) is 25.3 Å². The van der Waals surface area contributed by atoms with E-state index < -0.39 is 0 Å². The summed E-state index contributed by atoms with van der Waals surface area (Å²) in [5, 5.41) is 3.40. The van der Waals surface area contributed by atoms with Gasteiger partial charge in [0, 0.05) is 26.7 Å². The first-order valence-electron chi connectivity index (χ1n) is 8.93. The van der Waals surface area contributed by atoms with Gasteiger partial charge in [-0.15, -0.1) is 0 Å². The molecule has 0 bridgehead atoms. The molecule has 1 aromatic rings. The van der Waals surface area contributed by atoms with Gasteiger partial charge in [-0.2, -0.15) is 0 Å². The van der Waals surface area contributed by atoms with Gasteiger partial charge in [-0.1, -0.05) is 12.1 Å². The Morgan fingerprint density at radius 2 is 2.28 bits per heavy atom. The molecule has 1 N–H and O–H groups in total. The predicted molar refractivity (Wildman–Crippen MR) is 99.0 cm³/mol. The number of aliphatic imine (C=N–C) groups is 1. The number of methoxy groups -OCH3 is 1. The number of rotatable bonds is 6. The van der Waals surface area contributed by atoms with E-state index in [0.29, 0.717) is 13.2 Å². The smallest absolute Gasteiger partial charge is 0.310 e. The van der Waals surface area contributed by atoms with Crippen LogP contribution in [0.2, 0.25) is 0 Å². The van der Waals surface area contributed by atoms with Gasteiger partial charge in [-0.25, -0.2) is 0 Å². The van der Waals surface area contributed by atoms with Gasteiger partial charge >= 0.3 is 5.97 Å². The summed E-state index contributed by atoms with van der Waals surface area (Å²) in [6.45, 7) is 4.63. The van der Waals surface area contributed by atoms with Gasteiger partial charge in [0.2, 0.25) is 0 Å². The van der Waals surface area contributed by atoms with Crippen LogP contribution in [0.3, 0.4) is 0 Å². The Bertz CT molecular complexity index is 589. The van der Waals surface area contributed by atoms with Crippen molar-refractivity contribution < 1.29 is 14.3 Å². The summed E-state index contributed by atoms with van der Waals surface area (Å²) in [7, 11) is 3.46. The van der Waals surface area contributed by atoms with E-state index in [-0.39, 0.29) is 11.9 Å². The van der Waals surface area contributed by atoms with Crippen LogP contribution in [0, 0.1) is 5.92 Å². The van der Waals surface area contributed by atoms with Gasteiger partial charge < -0.3 is 19.7 Å². The predicted octanol–water partition coefficient (Wildman–Crippen LogP) is 2.09. The van der Waals surface area contributed by atoms with E-state index in [4.69, 9.17) is 9.47 Å². The number of hydrogen-bond donors (Lipinski definition) is 1. The Kier molecular flexibility index (Phi) is 7.57. The fourth-order valence-corrected chi connectivity index (χ4v) is 3.10. The monoisotopic (exact) mass is 347 g/mol. The fraction of sp³-hybridized carbons (Fsp3) is 0.579. The van der Waals surface area contributed by atoms with Crippen LogP contribution in [0.4, 0.5) is 0 Å². The molecule has 1 aliphatic heterocycles. The number of ether oxygens (including phenoxy) is 2. The SMILES string of the molecule is CCOC(=O)C1CCCN(C(=NC)NCCc2cccc(OC)c2)C1. The van der Waals surface area contributed by atoms with Gasteiger partial charge in [0.15, 0.2) is 5.96 Å². The number of nitrogens with one attached hydrogen (secondary N) is 1. The second-order valence-corrected chi connectivity index (χ2v) is 6.11. The zero-order valence-electron chi connectivity index (χ0n) is 15.5. The van der Waals surface area contributed by atoms with Crippen molar-refractivity contribution >= 4 is 11.9 Å². The number of hydrogen-bond acceptors (Lipinski definition) is 4. The van der Waals surface area contributed by atoms with Gasteiger partial charge in [-0.3, -0.25) is 9.79 Å². The number of piperidine rings is 1. The third kappa shape index (κ3) is 5.66. The van der Waals surface area contributed by atoms with Crippen molar-refractivity contribution in [2.24, 2.45) is 10.9 Å². The summed E-state index contributed by atoms with van der Waals surface area (Å²) in [6, 6.07) is 8.07. The number of esters is 1. The highest BCUT2D eigenvalue weighted by molar-refractivity contribution is 5.81. The van der Waals surface area contributed by atoms with Crippen LogP contribution in [0.25, 0.3) is 0 Å². The summed E-state index contributed by atoms with van der Waals surface area (Å²) in [6.07, 6.45) is 2.74. The molecule has 1 atom stereocenters. The maximum Gasteiger partial charge on any atom is 0.310 e. The average molecular weight is 347 g/mol. The van der Waals surface area contributed by atoms with Crippen molar-refractivity contribution in [2.75, 3.05) is 40.4 Å². The number of nitrogens with zero attached hydrogens (tertiary/aromatic N) is 2. The molecule has 25 heavy (non-hydrogen) atoms. The molecule has 1 unspecified atom stereocenters. The Morgan fingerprint density at radius 3 is 3.00 bits per heavy atom. The summed E-state index contributed by atoms with van der Waals surface area (Å²) in [4.78, 5) is 18.5. The Labute approximate surface area is 150 Å². The van der Waals surface area contributed by atoms with Crippen molar-refractivity contribution in [1.82, 2.24) is 10.2 Å². The molecular weight excluding hydrogens is 318 g/mol. The van der Waals surface area contributed by atoms with Gasteiger partial charge in [-0.05, 0) is 43.9 Å². The van der Waals surface area contributed by atoms with Crippen molar-refractivity contribution in [3.8, 4) is 5.75 Å². The second-order valence-electron chi connectivity index (χ2n) is 6.11. The summed E-state index contributed by atoms with van der Waals surface area (Å²) >= 11 is 0. The molecule has 0 aromatic heterocycles. The first kappa shape index (κ1) is 19.1. The van der Waals surface area contributed by atoms with Gasteiger partial charge in [0.25, 0.3) is 0 Å². The lowest BCUT2D eigenvalue weighted by molar-refractivity contribution is -0.149. The van der Waals surface area contributed by atoms with Gasteiger partial charge in [0.05, 0.1) is 19.6 Å². The summed E-state index contributed by atoms with van der Waals surface area (Å²) < 4.78 is 10.4. The number of guanidine groups is 1. The first-order valence-corrected chi connectivity index (χ1v) is 8.93. The fourth-order valence-electron chi connectivity index (χ4n) is 3.10. The third-order valence-corrected chi connectivity index (χ3v) is 4.38. The lowest BCUT2D eigenvalue weighted by Gasteiger charge is -2.34. The molecule has 1 heterocycles. The average Bonchev–Trinajstić information content (AvgIpc) is 2.65. The summed E-state index contributed by atoms with van der Waals surface area (Å²) in [5.41, 5.74) is 1.21. The van der Waals surface area contributed by atoms with E-state index in [9.17, 15) is 4.79 Å². The highest BCUT2D eigenvalue weighted by Gasteiger charge is 2.28. The molecule has 6 heteroatoms. The highest BCUT2D eigenvalue weighted by atomic mass is 16.5. The molecule has 0 radical (unpaired) electrons. The molecule has 0 spiro atoms. The van der Waals surface area contributed by atoms with Crippen LogP contribution in [-0.2, 0) is 16.0 Å². The van der Waals surface area contributed by atoms with Crippen molar-refractivity contribution in [2.45, 2.75) is 26.2 Å². The van der Waals surface area contributed by atoms with Crippen molar-refractivity contribution in [3.05, 3.63) is 29.8 Å². The lowest BCUT2D eigenvalue weighted by atomic mass is 9.98. The summed E-state index contributed by atoms with van der Waals surface area (Å²) in [5.74, 6) is 1.55. The van der Waals surface area contributed by atoms with Crippen molar-refractivity contribution in [3.63, 3.8) is 0 Å². The quantitative estimate of drug-likeness (QED) is 0.485. The molecule has 1 saturated heterocycles. The van der Waals surface area contributed by atoms with E-state index >= 15 is 0 Å². The zero-order chi connectivity index (χ0) is 18.1. The number of likely N-dealkylation sites (tertiary alicyclic amines) is 1. The van der Waals surface area contributed by atoms with Crippen LogP contribution in [0.15, 0.2) is 29.3 Å². The second kappa shape index (κ2) is 9.91. The number of carbonyl (C=O) groups excluding carboxylic acids is 1. The van der Waals surface area contributed by atoms with Gasteiger partial charge in [0.1, 0.15) is 5.75 Å².